The van der Waals surface area contributed by atoms with Crippen LogP contribution in [0.4, 0.5) is 5.69 Å². The number of aliphatic hydroxyl groups is 1. The number of hydrogen-bond donors (Lipinski definition) is 1. The predicted octanol–water partition coefficient (Wildman–Crippen LogP) is 5.47. The predicted molar refractivity (Wildman–Crippen MR) is 192 cm³/mol. The van der Waals surface area contributed by atoms with Crippen molar-refractivity contribution in [3.05, 3.63) is 89.0 Å². The van der Waals surface area contributed by atoms with E-state index in [1.807, 2.05) is 31.2 Å². The van der Waals surface area contributed by atoms with Gasteiger partial charge in [0.05, 0.1) is 54.8 Å². The highest BCUT2D eigenvalue weighted by atomic mass is 32.2. The highest BCUT2D eigenvalue weighted by molar-refractivity contribution is 7.89. The third-order valence-electron chi connectivity index (χ3n) is 9.96. The van der Waals surface area contributed by atoms with Gasteiger partial charge in [-0.3, -0.25) is 0 Å². The van der Waals surface area contributed by atoms with Gasteiger partial charge in [-0.05, 0) is 80.0 Å². The lowest BCUT2D eigenvalue weighted by atomic mass is 9.84. The molecule has 1 aliphatic carbocycles. The van der Waals surface area contributed by atoms with E-state index in [4.69, 9.17) is 23.7 Å². The summed E-state index contributed by atoms with van der Waals surface area (Å²) in [5, 5.41) is 10.2. The number of hydrogen-bond acceptors (Lipinski definition) is 9. The molecule has 0 radical (unpaired) electrons. The first-order valence-corrected chi connectivity index (χ1v) is 19.2. The van der Waals surface area contributed by atoms with Crippen LogP contribution in [-0.4, -0.2) is 96.4 Å². The van der Waals surface area contributed by atoms with E-state index in [-0.39, 0.29) is 43.2 Å². The summed E-state index contributed by atoms with van der Waals surface area (Å²) in [6, 6.07) is 21.4. The molecule has 1 unspecified atom stereocenters. The Kier molecular flexibility index (Phi) is 12.2. The zero-order chi connectivity index (χ0) is 35.3. The minimum Gasteiger partial charge on any atom is -0.490 e. The van der Waals surface area contributed by atoms with Gasteiger partial charge in [-0.25, -0.2) is 8.42 Å². The number of ether oxygens (including phenoxy) is 5. The molecular weight excluding hydrogens is 657 g/mol. The van der Waals surface area contributed by atoms with E-state index in [9.17, 15) is 13.5 Å². The van der Waals surface area contributed by atoms with Crippen molar-refractivity contribution in [3.8, 4) is 5.75 Å². The van der Waals surface area contributed by atoms with Crippen LogP contribution >= 0.6 is 0 Å². The molecule has 1 saturated heterocycles. The fraction of sp³-hybridized carbons (Fsp3) is 0.538. The van der Waals surface area contributed by atoms with Gasteiger partial charge in [0.2, 0.25) is 10.0 Å². The summed E-state index contributed by atoms with van der Waals surface area (Å²) >= 11 is 0. The summed E-state index contributed by atoms with van der Waals surface area (Å²) in [6.07, 6.45) is 1.47. The second kappa shape index (κ2) is 16.5. The Morgan fingerprint density at radius 1 is 0.960 bits per heavy atom. The molecule has 3 aliphatic rings. The van der Waals surface area contributed by atoms with Crippen molar-refractivity contribution in [1.82, 2.24) is 4.31 Å². The van der Waals surface area contributed by atoms with Gasteiger partial charge in [-0.15, -0.1) is 0 Å². The Labute approximate surface area is 297 Å². The van der Waals surface area contributed by atoms with Crippen LogP contribution in [0.3, 0.4) is 0 Å². The Balaban J connectivity index is 1.31. The highest BCUT2D eigenvalue weighted by Gasteiger charge is 2.44. The largest absolute Gasteiger partial charge is 0.490 e. The van der Waals surface area contributed by atoms with Crippen LogP contribution in [0.1, 0.15) is 60.5 Å². The van der Waals surface area contributed by atoms with Gasteiger partial charge < -0.3 is 33.7 Å². The molecule has 5 atom stereocenters. The van der Waals surface area contributed by atoms with E-state index in [0.717, 1.165) is 53.2 Å². The zero-order valence-corrected chi connectivity index (χ0v) is 30.5. The maximum absolute atomic E-state index is 14.1. The topological polar surface area (TPSA) is 107 Å². The minimum atomic E-state index is -3.87. The number of aliphatic hydroxyl groups excluding tert-OH is 1. The molecule has 2 fully saturated rings. The molecule has 0 amide bonds. The van der Waals surface area contributed by atoms with Crippen LogP contribution in [0.15, 0.2) is 71.6 Å². The number of benzene rings is 3. The van der Waals surface area contributed by atoms with Crippen LogP contribution in [0.25, 0.3) is 0 Å². The molecule has 3 aromatic rings. The van der Waals surface area contributed by atoms with E-state index in [1.165, 1.54) is 17.1 Å². The van der Waals surface area contributed by atoms with Crippen molar-refractivity contribution in [2.75, 3.05) is 65.1 Å². The lowest BCUT2D eigenvalue weighted by Crippen LogP contribution is -2.54. The smallest absolute Gasteiger partial charge is 0.243 e. The standard InChI is InChI=1S/C39H52N2O8S/c1-27-6-15-33(16-7-27)50(43,44)41-23-36(48-25-28(2)42)38(30-9-11-31(12-10-30)39(46-4)32-13-14-32)37(24-41)49-26-29-8-17-35-34(22-29)40(19-21-47-35)18-5-20-45-3/h6-12,15-17,22,28,32,36-39,42H,5,13-14,18-21,23-26H2,1-4H3/t28?,36-,37+,38+,39+/m1/s1. The van der Waals surface area contributed by atoms with Gasteiger partial charge in [0, 0.05) is 46.4 Å². The van der Waals surface area contributed by atoms with Gasteiger partial charge >= 0.3 is 0 Å². The van der Waals surface area contributed by atoms with Gasteiger partial charge in [0.15, 0.2) is 0 Å². The van der Waals surface area contributed by atoms with E-state index >= 15 is 0 Å². The number of fused-ring (bicyclic) bond motifs is 1. The third-order valence-corrected chi connectivity index (χ3v) is 11.8. The van der Waals surface area contributed by atoms with E-state index in [0.29, 0.717) is 19.1 Å². The molecule has 0 bridgehead atoms. The molecule has 272 valence electrons. The third kappa shape index (κ3) is 8.70. The van der Waals surface area contributed by atoms with Crippen LogP contribution in [0.5, 0.6) is 5.75 Å². The fourth-order valence-electron chi connectivity index (χ4n) is 7.15. The van der Waals surface area contributed by atoms with Crippen molar-refractivity contribution < 1.29 is 37.2 Å². The molecule has 1 N–H and O–H groups in total. The molecule has 2 heterocycles. The summed E-state index contributed by atoms with van der Waals surface area (Å²) in [5.41, 5.74) is 5.09. The lowest BCUT2D eigenvalue weighted by Gasteiger charge is -2.43. The quantitative estimate of drug-likeness (QED) is 0.194. The number of nitrogens with zero attached hydrogens (tertiary/aromatic N) is 2. The van der Waals surface area contributed by atoms with Gasteiger partial charge in [-0.1, -0.05) is 48.0 Å². The molecule has 10 nitrogen and oxygen atoms in total. The summed E-state index contributed by atoms with van der Waals surface area (Å²) < 4.78 is 59.9. The van der Waals surface area contributed by atoms with Crippen LogP contribution < -0.4 is 9.64 Å². The first-order valence-electron chi connectivity index (χ1n) is 17.8. The van der Waals surface area contributed by atoms with Crippen molar-refractivity contribution in [3.63, 3.8) is 0 Å². The second-order valence-electron chi connectivity index (χ2n) is 13.9. The molecule has 1 saturated carbocycles. The Morgan fingerprint density at radius 2 is 1.68 bits per heavy atom. The molecule has 6 rings (SSSR count). The average Bonchev–Trinajstić information content (AvgIpc) is 3.96. The van der Waals surface area contributed by atoms with E-state index in [1.54, 1.807) is 33.3 Å². The number of sulfonamides is 1. The van der Waals surface area contributed by atoms with Crippen molar-refractivity contribution >= 4 is 15.7 Å². The Hall–Kier alpha value is -3.03. The first-order chi connectivity index (χ1) is 24.2. The number of piperidine rings is 1. The maximum atomic E-state index is 14.1. The summed E-state index contributed by atoms with van der Waals surface area (Å²) in [5.74, 6) is 1.09. The van der Waals surface area contributed by atoms with Crippen molar-refractivity contribution in [2.24, 2.45) is 5.92 Å². The van der Waals surface area contributed by atoms with Gasteiger partial charge in [-0.2, -0.15) is 4.31 Å². The highest BCUT2D eigenvalue weighted by Crippen LogP contribution is 2.44. The molecule has 3 aromatic carbocycles. The molecular formula is C39H52N2O8S. The molecule has 0 aromatic heterocycles. The normalized spacial score (nSPS) is 22.5. The number of rotatable bonds is 16. The Bertz CT molecular complexity index is 1650. The monoisotopic (exact) mass is 708 g/mol. The van der Waals surface area contributed by atoms with E-state index < -0.39 is 28.3 Å². The molecule has 2 aliphatic heterocycles. The Morgan fingerprint density at radius 3 is 2.34 bits per heavy atom. The number of aryl methyl sites for hydroxylation is 1. The van der Waals surface area contributed by atoms with Gasteiger partial charge in [0.1, 0.15) is 12.4 Å². The lowest BCUT2D eigenvalue weighted by molar-refractivity contribution is -0.0916. The molecule has 11 heteroatoms. The van der Waals surface area contributed by atoms with Crippen LogP contribution in [0, 0.1) is 12.8 Å². The first kappa shape index (κ1) is 36.8. The maximum Gasteiger partial charge on any atom is 0.243 e. The summed E-state index contributed by atoms with van der Waals surface area (Å²) in [7, 11) is -0.389. The van der Waals surface area contributed by atoms with Crippen molar-refractivity contribution in [2.45, 2.75) is 74.9 Å². The fourth-order valence-corrected chi connectivity index (χ4v) is 8.62. The van der Waals surface area contributed by atoms with Gasteiger partial charge in [0.25, 0.3) is 0 Å². The second-order valence-corrected chi connectivity index (χ2v) is 15.8. The minimum absolute atomic E-state index is 0.0573. The average molecular weight is 709 g/mol. The van der Waals surface area contributed by atoms with E-state index in [2.05, 4.69) is 35.2 Å². The summed E-state index contributed by atoms with van der Waals surface area (Å²) in [4.78, 5) is 2.55. The zero-order valence-electron chi connectivity index (χ0n) is 29.7. The SMILES string of the molecule is COCCCN1CCOc2ccc(CO[C@H]3CN(S(=O)(=O)c4ccc(C)cc4)C[C@@H](OCC(C)O)[C@@H]3c3ccc([C@H](OC)C4CC4)cc3)cc21. The number of anilines is 1. The van der Waals surface area contributed by atoms with Crippen LogP contribution in [0.2, 0.25) is 0 Å². The molecule has 0 spiro atoms. The van der Waals surface area contributed by atoms with Crippen LogP contribution in [-0.2, 0) is 35.6 Å². The van der Waals surface area contributed by atoms with Crippen molar-refractivity contribution in [1.29, 1.82) is 0 Å². The number of methoxy groups -OCH3 is 2. The summed E-state index contributed by atoms with van der Waals surface area (Å²) in [6.45, 7) is 7.19. The molecule has 50 heavy (non-hydrogen) atoms.